The molecule has 1 aliphatic rings. The monoisotopic (exact) mass is 352 g/mol. The molecular formula is C20H20N2O4. The third kappa shape index (κ3) is 3.39. The summed E-state index contributed by atoms with van der Waals surface area (Å²) in [7, 11) is 4.63. The third-order valence-corrected chi connectivity index (χ3v) is 4.01. The van der Waals surface area contributed by atoms with Gasteiger partial charge in [0.2, 0.25) is 5.75 Å². The SMILES string of the molecule is COc1cc(C=C2N=C(c3ccc(C)cc3)NC2=O)cc(OC)c1OC. The van der Waals surface area contributed by atoms with Gasteiger partial charge in [-0.3, -0.25) is 4.79 Å². The second-order valence-electron chi connectivity index (χ2n) is 5.77. The fourth-order valence-corrected chi connectivity index (χ4v) is 2.66. The number of benzene rings is 2. The number of carbonyl (C=O) groups is 1. The van der Waals surface area contributed by atoms with Gasteiger partial charge in [-0.2, -0.15) is 0 Å². The average Bonchev–Trinajstić information content (AvgIpc) is 3.01. The number of ether oxygens (including phenoxy) is 3. The number of amidine groups is 1. The Morgan fingerprint density at radius 2 is 1.58 bits per heavy atom. The Kier molecular flexibility index (Phi) is 4.93. The molecule has 0 aromatic heterocycles. The zero-order chi connectivity index (χ0) is 18.7. The summed E-state index contributed by atoms with van der Waals surface area (Å²) in [6.07, 6.45) is 1.68. The normalized spacial score (nSPS) is 14.8. The minimum atomic E-state index is -0.255. The molecular weight excluding hydrogens is 332 g/mol. The average molecular weight is 352 g/mol. The number of amides is 1. The first kappa shape index (κ1) is 17.5. The number of aliphatic imine (C=N–C) groups is 1. The number of methoxy groups -OCH3 is 3. The summed E-state index contributed by atoms with van der Waals surface area (Å²) < 4.78 is 16.0. The van der Waals surface area contributed by atoms with Crippen molar-refractivity contribution >= 4 is 17.8 Å². The molecule has 0 aliphatic carbocycles. The molecule has 2 aromatic rings. The Morgan fingerprint density at radius 1 is 0.962 bits per heavy atom. The van der Waals surface area contributed by atoms with Gasteiger partial charge in [-0.05, 0) is 30.7 Å². The molecule has 0 saturated heterocycles. The Bertz CT molecular complexity index is 874. The highest BCUT2D eigenvalue weighted by Crippen LogP contribution is 2.38. The van der Waals surface area contributed by atoms with E-state index >= 15 is 0 Å². The molecule has 1 aliphatic heterocycles. The molecule has 0 radical (unpaired) electrons. The molecule has 0 fully saturated rings. The van der Waals surface area contributed by atoms with Gasteiger partial charge >= 0.3 is 0 Å². The van der Waals surface area contributed by atoms with Crippen LogP contribution in [-0.2, 0) is 4.79 Å². The van der Waals surface area contributed by atoms with Crippen molar-refractivity contribution in [1.29, 1.82) is 0 Å². The molecule has 1 amide bonds. The van der Waals surface area contributed by atoms with E-state index in [4.69, 9.17) is 14.2 Å². The van der Waals surface area contributed by atoms with E-state index in [2.05, 4.69) is 10.3 Å². The summed E-state index contributed by atoms with van der Waals surface area (Å²) >= 11 is 0. The van der Waals surface area contributed by atoms with E-state index < -0.39 is 0 Å². The lowest BCUT2D eigenvalue weighted by Crippen LogP contribution is -2.24. The van der Waals surface area contributed by atoms with Crippen LogP contribution in [0.15, 0.2) is 47.1 Å². The summed E-state index contributed by atoms with van der Waals surface area (Å²) in [4.78, 5) is 16.7. The smallest absolute Gasteiger partial charge is 0.275 e. The Labute approximate surface area is 152 Å². The first-order valence-corrected chi connectivity index (χ1v) is 8.04. The predicted molar refractivity (Wildman–Crippen MR) is 99.9 cm³/mol. The number of nitrogens with one attached hydrogen (secondary N) is 1. The molecule has 0 spiro atoms. The Morgan fingerprint density at radius 3 is 2.12 bits per heavy atom. The number of nitrogens with zero attached hydrogens (tertiary/aromatic N) is 1. The minimum Gasteiger partial charge on any atom is -0.493 e. The van der Waals surface area contributed by atoms with Crippen LogP contribution in [0.2, 0.25) is 0 Å². The number of carbonyl (C=O) groups excluding carboxylic acids is 1. The highest BCUT2D eigenvalue weighted by Gasteiger charge is 2.21. The maximum Gasteiger partial charge on any atom is 0.275 e. The van der Waals surface area contributed by atoms with E-state index in [1.54, 1.807) is 39.5 Å². The van der Waals surface area contributed by atoms with E-state index in [0.717, 1.165) is 16.7 Å². The molecule has 1 N–H and O–H groups in total. The van der Waals surface area contributed by atoms with E-state index in [1.165, 1.54) is 0 Å². The first-order valence-electron chi connectivity index (χ1n) is 8.04. The summed E-state index contributed by atoms with van der Waals surface area (Å²) in [5.74, 6) is 1.81. The highest BCUT2D eigenvalue weighted by atomic mass is 16.5. The molecule has 0 bridgehead atoms. The van der Waals surface area contributed by atoms with Gasteiger partial charge in [0, 0.05) is 5.56 Å². The van der Waals surface area contributed by atoms with Crippen LogP contribution in [0.25, 0.3) is 6.08 Å². The fourth-order valence-electron chi connectivity index (χ4n) is 2.66. The van der Waals surface area contributed by atoms with Crippen molar-refractivity contribution in [3.8, 4) is 17.2 Å². The molecule has 6 heteroatoms. The summed E-state index contributed by atoms with van der Waals surface area (Å²) in [6.45, 7) is 2.01. The van der Waals surface area contributed by atoms with Crippen LogP contribution < -0.4 is 19.5 Å². The van der Waals surface area contributed by atoms with Gasteiger partial charge in [-0.1, -0.05) is 29.8 Å². The van der Waals surface area contributed by atoms with Gasteiger partial charge < -0.3 is 19.5 Å². The lowest BCUT2D eigenvalue weighted by Gasteiger charge is -2.12. The Hall–Kier alpha value is -3.28. The van der Waals surface area contributed by atoms with Crippen LogP contribution in [0.5, 0.6) is 17.2 Å². The van der Waals surface area contributed by atoms with E-state index in [0.29, 0.717) is 28.8 Å². The van der Waals surface area contributed by atoms with Crippen molar-refractivity contribution in [2.45, 2.75) is 6.92 Å². The lowest BCUT2D eigenvalue weighted by atomic mass is 10.1. The lowest BCUT2D eigenvalue weighted by molar-refractivity contribution is -0.115. The molecule has 0 atom stereocenters. The van der Waals surface area contributed by atoms with Crippen LogP contribution in [0.3, 0.4) is 0 Å². The van der Waals surface area contributed by atoms with Crippen LogP contribution in [-0.4, -0.2) is 33.1 Å². The molecule has 1 heterocycles. The molecule has 6 nitrogen and oxygen atoms in total. The number of aryl methyl sites for hydroxylation is 1. The zero-order valence-corrected chi connectivity index (χ0v) is 15.1. The van der Waals surface area contributed by atoms with Gasteiger partial charge in [0.15, 0.2) is 11.5 Å². The predicted octanol–water partition coefficient (Wildman–Crippen LogP) is 2.94. The van der Waals surface area contributed by atoms with Crippen molar-refractivity contribution in [2.75, 3.05) is 21.3 Å². The maximum absolute atomic E-state index is 12.3. The van der Waals surface area contributed by atoms with E-state index in [1.807, 2.05) is 31.2 Å². The zero-order valence-electron chi connectivity index (χ0n) is 15.1. The van der Waals surface area contributed by atoms with Crippen molar-refractivity contribution < 1.29 is 19.0 Å². The largest absolute Gasteiger partial charge is 0.493 e. The van der Waals surface area contributed by atoms with Crippen LogP contribution >= 0.6 is 0 Å². The molecule has 0 unspecified atom stereocenters. The van der Waals surface area contributed by atoms with Gasteiger partial charge in [0.25, 0.3) is 5.91 Å². The molecule has 134 valence electrons. The topological polar surface area (TPSA) is 69.2 Å². The van der Waals surface area contributed by atoms with Gasteiger partial charge in [-0.15, -0.1) is 0 Å². The van der Waals surface area contributed by atoms with Crippen LogP contribution in [0.4, 0.5) is 0 Å². The Balaban J connectivity index is 1.99. The van der Waals surface area contributed by atoms with Crippen molar-refractivity contribution in [3.63, 3.8) is 0 Å². The van der Waals surface area contributed by atoms with Gasteiger partial charge in [0.1, 0.15) is 11.5 Å². The second kappa shape index (κ2) is 7.31. The standard InChI is InChI=1S/C20H20N2O4/c1-12-5-7-14(8-6-12)19-21-15(20(23)22-19)9-13-10-16(24-2)18(26-4)17(11-13)25-3/h5-11H,1-4H3,(H,21,22,23). The maximum atomic E-state index is 12.3. The number of hydrogen-bond donors (Lipinski definition) is 1. The van der Waals surface area contributed by atoms with Crippen molar-refractivity contribution in [2.24, 2.45) is 4.99 Å². The number of hydrogen-bond acceptors (Lipinski definition) is 5. The summed E-state index contributed by atoms with van der Waals surface area (Å²) in [5.41, 5.74) is 3.04. The summed E-state index contributed by atoms with van der Waals surface area (Å²) in [5, 5.41) is 2.80. The number of rotatable bonds is 5. The molecule has 26 heavy (non-hydrogen) atoms. The quantitative estimate of drug-likeness (QED) is 0.840. The van der Waals surface area contributed by atoms with Crippen molar-refractivity contribution in [1.82, 2.24) is 5.32 Å². The summed E-state index contributed by atoms with van der Waals surface area (Å²) in [6, 6.07) is 11.3. The molecule has 2 aromatic carbocycles. The van der Waals surface area contributed by atoms with Gasteiger partial charge in [-0.25, -0.2) is 4.99 Å². The third-order valence-electron chi connectivity index (χ3n) is 4.01. The van der Waals surface area contributed by atoms with Crippen molar-refractivity contribution in [3.05, 3.63) is 58.8 Å². The van der Waals surface area contributed by atoms with Crippen LogP contribution in [0, 0.1) is 6.92 Å². The second-order valence-corrected chi connectivity index (χ2v) is 5.77. The molecule has 0 saturated carbocycles. The van der Waals surface area contributed by atoms with Crippen LogP contribution in [0.1, 0.15) is 16.7 Å². The minimum absolute atomic E-state index is 0.255. The first-order chi connectivity index (χ1) is 12.5. The van der Waals surface area contributed by atoms with E-state index in [-0.39, 0.29) is 5.91 Å². The van der Waals surface area contributed by atoms with E-state index in [9.17, 15) is 4.79 Å². The molecule has 3 rings (SSSR count). The highest BCUT2D eigenvalue weighted by molar-refractivity contribution is 6.19. The fraction of sp³-hybridized carbons (Fsp3) is 0.200. The van der Waals surface area contributed by atoms with Gasteiger partial charge in [0.05, 0.1) is 21.3 Å².